The molecule has 0 aliphatic rings. The number of rotatable bonds is 7. The minimum Gasteiger partial charge on any atom is -0.466 e. The normalized spacial score (nSPS) is 11.0. The Morgan fingerprint density at radius 3 is 2.71 bits per heavy atom. The SMILES string of the molecule is CCOC(=O)CCS(=O)(=O)Nc1ccc(F)cc1C(N)=S. The van der Waals surface area contributed by atoms with Crippen molar-refractivity contribution < 1.29 is 22.3 Å². The average molecular weight is 334 g/mol. The Balaban J connectivity index is 2.85. The second kappa shape index (κ2) is 7.32. The van der Waals surface area contributed by atoms with Crippen LogP contribution in [0.3, 0.4) is 0 Å². The molecule has 1 rings (SSSR count). The molecule has 1 aromatic rings. The summed E-state index contributed by atoms with van der Waals surface area (Å²) in [6.07, 6.45) is -0.285. The van der Waals surface area contributed by atoms with Gasteiger partial charge in [-0.3, -0.25) is 9.52 Å². The molecule has 0 aliphatic heterocycles. The van der Waals surface area contributed by atoms with Crippen LogP contribution in [0, 0.1) is 5.82 Å². The van der Waals surface area contributed by atoms with Gasteiger partial charge in [-0.2, -0.15) is 0 Å². The molecule has 0 saturated heterocycles. The lowest BCUT2D eigenvalue weighted by molar-refractivity contribution is -0.142. The summed E-state index contributed by atoms with van der Waals surface area (Å²) in [6, 6.07) is 3.32. The molecule has 0 heterocycles. The zero-order valence-corrected chi connectivity index (χ0v) is 12.9. The van der Waals surface area contributed by atoms with Crippen LogP contribution < -0.4 is 10.5 Å². The van der Waals surface area contributed by atoms with Gasteiger partial charge in [0.15, 0.2) is 0 Å². The van der Waals surface area contributed by atoms with Crippen LogP contribution in [0.5, 0.6) is 0 Å². The van der Waals surface area contributed by atoms with E-state index in [0.29, 0.717) is 0 Å². The Labute approximate surface area is 127 Å². The van der Waals surface area contributed by atoms with Gasteiger partial charge in [-0.05, 0) is 25.1 Å². The van der Waals surface area contributed by atoms with Gasteiger partial charge in [-0.1, -0.05) is 12.2 Å². The van der Waals surface area contributed by atoms with E-state index < -0.39 is 27.6 Å². The topological polar surface area (TPSA) is 98.5 Å². The van der Waals surface area contributed by atoms with Gasteiger partial charge in [0.1, 0.15) is 10.8 Å². The van der Waals surface area contributed by atoms with Crippen molar-refractivity contribution in [2.45, 2.75) is 13.3 Å². The van der Waals surface area contributed by atoms with Gasteiger partial charge >= 0.3 is 5.97 Å². The van der Waals surface area contributed by atoms with Crippen molar-refractivity contribution in [3.8, 4) is 0 Å². The zero-order valence-electron chi connectivity index (χ0n) is 11.3. The highest BCUT2D eigenvalue weighted by molar-refractivity contribution is 7.92. The van der Waals surface area contributed by atoms with Crippen molar-refractivity contribution in [1.29, 1.82) is 0 Å². The van der Waals surface area contributed by atoms with Crippen LogP contribution in [-0.4, -0.2) is 31.7 Å². The Bertz CT molecular complexity index is 647. The predicted molar refractivity (Wildman–Crippen MR) is 80.9 cm³/mol. The number of carbonyl (C=O) groups is 1. The van der Waals surface area contributed by atoms with Gasteiger partial charge in [0, 0.05) is 5.56 Å². The number of nitrogens with two attached hydrogens (primary N) is 1. The van der Waals surface area contributed by atoms with Crippen molar-refractivity contribution in [3.63, 3.8) is 0 Å². The second-order valence-electron chi connectivity index (χ2n) is 4.03. The number of halogens is 1. The largest absolute Gasteiger partial charge is 0.466 e. The lowest BCUT2D eigenvalue weighted by Crippen LogP contribution is -2.22. The fourth-order valence-corrected chi connectivity index (χ4v) is 2.70. The fraction of sp³-hybridized carbons (Fsp3) is 0.333. The molecule has 6 nitrogen and oxygen atoms in total. The number of carbonyl (C=O) groups excluding carboxylic acids is 1. The first-order valence-electron chi connectivity index (χ1n) is 6.00. The molecular weight excluding hydrogens is 319 g/mol. The van der Waals surface area contributed by atoms with Gasteiger partial charge in [0.05, 0.1) is 24.5 Å². The van der Waals surface area contributed by atoms with E-state index in [2.05, 4.69) is 9.46 Å². The molecule has 3 N–H and O–H groups in total. The third-order valence-electron chi connectivity index (χ3n) is 2.39. The zero-order chi connectivity index (χ0) is 16.0. The minimum absolute atomic E-state index is 0.0627. The monoisotopic (exact) mass is 334 g/mol. The van der Waals surface area contributed by atoms with Crippen molar-refractivity contribution in [2.24, 2.45) is 5.73 Å². The molecule has 9 heteroatoms. The van der Waals surface area contributed by atoms with E-state index in [1.54, 1.807) is 6.92 Å². The number of sulfonamides is 1. The van der Waals surface area contributed by atoms with Crippen LogP contribution in [0.25, 0.3) is 0 Å². The van der Waals surface area contributed by atoms with E-state index in [0.717, 1.165) is 12.1 Å². The molecule has 0 unspecified atom stereocenters. The van der Waals surface area contributed by atoms with E-state index in [9.17, 15) is 17.6 Å². The Morgan fingerprint density at radius 2 is 2.14 bits per heavy atom. The number of benzene rings is 1. The summed E-state index contributed by atoms with van der Waals surface area (Å²) in [6.45, 7) is 1.80. The molecule has 0 saturated carbocycles. The molecule has 0 amide bonds. The molecule has 0 bridgehead atoms. The van der Waals surface area contributed by atoms with Crippen LogP contribution in [0.4, 0.5) is 10.1 Å². The summed E-state index contributed by atoms with van der Waals surface area (Å²) in [4.78, 5) is 11.0. The van der Waals surface area contributed by atoms with Crippen molar-refractivity contribution in [3.05, 3.63) is 29.6 Å². The molecule has 0 fully saturated rings. The maximum atomic E-state index is 13.1. The highest BCUT2D eigenvalue weighted by Gasteiger charge is 2.17. The molecule has 21 heavy (non-hydrogen) atoms. The predicted octanol–water partition coefficient (Wildman–Crippen LogP) is 1.15. The number of nitrogens with one attached hydrogen (secondary N) is 1. The minimum atomic E-state index is -3.81. The van der Waals surface area contributed by atoms with Crippen LogP contribution in [-0.2, 0) is 19.6 Å². The number of anilines is 1. The molecular formula is C12H15FN2O4S2. The Morgan fingerprint density at radius 1 is 1.48 bits per heavy atom. The van der Waals surface area contributed by atoms with Gasteiger partial charge in [-0.25, -0.2) is 12.8 Å². The number of ether oxygens (including phenoxy) is 1. The highest BCUT2D eigenvalue weighted by atomic mass is 32.2. The third kappa shape index (κ3) is 5.64. The van der Waals surface area contributed by atoms with Crippen molar-refractivity contribution in [1.82, 2.24) is 0 Å². The molecule has 0 radical (unpaired) electrons. The summed E-state index contributed by atoms with van der Waals surface area (Å²) in [5.74, 6) is -1.66. The highest BCUT2D eigenvalue weighted by Crippen LogP contribution is 2.18. The smallest absolute Gasteiger partial charge is 0.306 e. The van der Waals surface area contributed by atoms with E-state index >= 15 is 0 Å². The first kappa shape index (κ1) is 17.3. The maximum absolute atomic E-state index is 13.1. The standard InChI is InChI=1S/C12H15FN2O4S2/c1-2-19-11(16)5-6-21(17,18)15-10-4-3-8(13)7-9(10)12(14)20/h3-4,7,15H,2,5-6H2,1H3,(H2,14,20). The van der Waals surface area contributed by atoms with E-state index in [-0.39, 0.29) is 29.3 Å². The number of thiocarbonyl (C=S) groups is 1. The van der Waals surface area contributed by atoms with Crippen LogP contribution in [0.15, 0.2) is 18.2 Å². The van der Waals surface area contributed by atoms with Crippen LogP contribution in [0.1, 0.15) is 18.9 Å². The molecule has 0 spiro atoms. The fourth-order valence-electron chi connectivity index (χ4n) is 1.48. The lowest BCUT2D eigenvalue weighted by Gasteiger charge is -2.11. The third-order valence-corrected chi connectivity index (χ3v) is 3.89. The van der Waals surface area contributed by atoms with Crippen molar-refractivity contribution in [2.75, 3.05) is 17.1 Å². The number of hydrogen-bond acceptors (Lipinski definition) is 5. The quantitative estimate of drug-likeness (QED) is 0.573. The lowest BCUT2D eigenvalue weighted by atomic mass is 10.2. The van der Waals surface area contributed by atoms with Gasteiger partial charge in [-0.15, -0.1) is 0 Å². The number of hydrogen-bond donors (Lipinski definition) is 2. The maximum Gasteiger partial charge on any atom is 0.306 e. The average Bonchev–Trinajstić information content (AvgIpc) is 2.38. The van der Waals surface area contributed by atoms with E-state index in [1.165, 1.54) is 6.07 Å². The first-order chi connectivity index (χ1) is 9.75. The summed E-state index contributed by atoms with van der Waals surface area (Å²) >= 11 is 4.74. The molecule has 116 valence electrons. The van der Waals surface area contributed by atoms with Crippen LogP contribution >= 0.6 is 12.2 Å². The Kier molecular flexibility index (Phi) is 6.03. The van der Waals surface area contributed by atoms with Gasteiger partial charge in [0.2, 0.25) is 10.0 Å². The van der Waals surface area contributed by atoms with Crippen LogP contribution in [0.2, 0.25) is 0 Å². The number of esters is 1. The first-order valence-corrected chi connectivity index (χ1v) is 8.06. The van der Waals surface area contributed by atoms with E-state index in [1.807, 2.05) is 0 Å². The van der Waals surface area contributed by atoms with Gasteiger partial charge < -0.3 is 10.5 Å². The second-order valence-corrected chi connectivity index (χ2v) is 6.31. The molecule has 0 atom stereocenters. The van der Waals surface area contributed by atoms with Crippen molar-refractivity contribution >= 4 is 38.9 Å². The van der Waals surface area contributed by atoms with Gasteiger partial charge in [0.25, 0.3) is 0 Å². The summed E-state index contributed by atoms with van der Waals surface area (Å²) in [7, 11) is -3.81. The summed E-state index contributed by atoms with van der Waals surface area (Å²) in [5, 5.41) is 0. The molecule has 0 aliphatic carbocycles. The summed E-state index contributed by atoms with van der Waals surface area (Å²) < 4.78 is 43.7. The molecule has 1 aromatic carbocycles. The Hall–Kier alpha value is -1.74. The summed E-state index contributed by atoms with van der Waals surface area (Å²) in [5.41, 5.74) is 5.56. The van der Waals surface area contributed by atoms with E-state index in [4.69, 9.17) is 18.0 Å². The molecule has 0 aromatic heterocycles.